The van der Waals surface area contributed by atoms with E-state index in [0.717, 1.165) is 28.2 Å². The molecule has 144 valence electrons. The number of hydrogen-bond donors (Lipinski definition) is 0. The maximum Gasteiger partial charge on any atom is 0.0991 e. The quantitative estimate of drug-likeness (QED) is 0.398. The standard InChI is InChI=1S/C27H16N4/c28-17-20-5-11-23(12-6-20)26-3-1-2-4-27(26)31(24-13-7-21(18-29)8-14-24)25-15-9-22(19-30)10-16-25/h1-16H. The molecule has 4 aromatic rings. The predicted octanol–water partition coefficient (Wildman–Crippen LogP) is 6.44. The molecular weight excluding hydrogens is 380 g/mol. The molecule has 0 saturated heterocycles. The van der Waals surface area contributed by atoms with E-state index >= 15 is 0 Å². The SMILES string of the molecule is N#Cc1ccc(-c2ccccc2N(c2ccc(C#N)cc2)c2ccc(C#N)cc2)cc1. The van der Waals surface area contributed by atoms with Crippen LogP contribution in [0.4, 0.5) is 17.1 Å². The van der Waals surface area contributed by atoms with Crippen LogP contribution >= 0.6 is 0 Å². The summed E-state index contributed by atoms with van der Waals surface area (Å²) in [6.07, 6.45) is 0. The van der Waals surface area contributed by atoms with Gasteiger partial charge in [-0.15, -0.1) is 0 Å². The van der Waals surface area contributed by atoms with Crippen molar-refractivity contribution in [1.29, 1.82) is 15.8 Å². The number of rotatable bonds is 4. The zero-order valence-corrected chi connectivity index (χ0v) is 16.5. The van der Waals surface area contributed by atoms with Crippen LogP contribution in [0.25, 0.3) is 11.1 Å². The van der Waals surface area contributed by atoms with Gasteiger partial charge in [0, 0.05) is 16.9 Å². The third kappa shape index (κ3) is 3.99. The monoisotopic (exact) mass is 396 g/mol. The summed E-state index contributed by atoms with van der Waals surface area (Å²) in [4.78, 5) is 2.09. The van der Waals surface area contributed by atoms with Gasteiger partial charge in [0.15, 0.2) is 0 Å². The Hall–Kier alpha value is -4.85. The number of para-hydroxylation sites is 1. The van der Waals surface area contributed by atoms with Gasteiger partial charge in [-0.1, -0.05) is 30.3 Å². The Labute approximate surface area is 181 Å². The number of nitriles is 3. The van der Waals surface area contributed by atoms with Crippen molar-refractivity contribution in [3.63, 3.8) is 0 Å². The summed E-state index contributed by atoms with van der Waals surface area (Å²) in [6, 6.07) is 36.8. The highest BCUT2D eigenvalue weighted by molar-refractivity contribution is 5.88. The van der Waals surface area contributed by atoms with Crippen LogP contribution in [0.2, 0.25) is 0 Å². The summed E-state index contributed by atoms with van der Waals surface area (Å²) >= 11 is 0. The van der Waals surface area contributed by atoms with Crippen LogP contribution in [-0.4, -0.2) is 0 Å². The van der Waals surface area contributed by atoms with Crippen molar-refractivity contribution in [2.45, 2.75) is 0 Å². The molecule has 0 aliphatic rings. The minimum atomic E-state index is 0.587. The van der Waals surface area contributed by atoms with Crippen LogP contribution in [0.15, 0.2) is 97.1 Å². The highest BCUT2D eigenvalue weighted by Gasteiger charge is 2.17. The van der Waals surface area contributed by atoms with Gasteiger partial charge < -0.3 is 4.90 Å². The van der Waals surface area contributed by atoms with Crippen molar-refractivity contribution >= 4 is 17.1 Å². The van der Waals surface area contributed by atoms with Crippen molar-refractivity contribution in [2.75, 3.05) is 4.90 Å². The zero-order chi connectivity index (χ0) is 21.6. The fourth-order valence-electron chi connectivity index (χ4n) is 3.43. The average Bonchev–Trinajstić information content (AvgIpc) is 2.85. The topological polar surface area (TPSA) is 74.6 Å². The summed E-state index contributed by atoms with van der Waals surface area (Å²) in [6.45, 7) is 0. The Kier molecular flexibility index (Phi) is 5.44. The van der Waals surface area contributed by atoms with Gasteiger partial charge in [-0.05, 0) is 72.3 Å². The molecule has 0 fully saturated rings. The lowest BCUT2D eigenvalue weighted by Crippen LogP contribution is -2.11. The lowest BCUT2D eigenvalue weighted by atomic mass is 10.0. The maximum atomic E-state index is 9.18. The van der Waals surface area contributed by atoms with Gasteiger partial charge in [-0.25, -0.2) is 0 Å². The molecule has 0 N–H and O–H groups in total. The van der Waals surface area contributed by atoms with Crippen LogP contribution in [0.3, 0.4) is 0 Å². The van der Waals surface area contributed by atoms with E-state index in [0.29, 0.717) is 16.7 Å². The first-order valence-corrected chi connectivity index (χ1v) is 9.63. The molecule has 0 bridgehead atoms. The Morgan fingerprint density at radius 3 is 1.35 bits per heavy atom. The van der Waals surface area contributed by atoms with Gasteiger partial charge in [-0.3, -0.25) is 0 Å². The molecular formula is C27H16N4. The third-order valence-corrected chi connectivity index (χ3v) is 4.98. The smallest absolute Gasteiger partial charge is 0.0991 e. The molecule has 0 aliphatic carbocycles. The van der Waals surface area contributed by atoms with Crippen molar-refractivity contribution in [3.8, 4) is 29.3 Å². The van der Waals surface area contributed by atoms with Crippen molar-refractivity contribution in [3.05, 3.63) is 114 Å². The van der Waals surface area contributed by atoms with Crippen LogP contribution in [0.1, 0.15) is 16.7 Å². The highest BCUT2D eigenvalue weighted by Crippen LogP contribution is 2.40. The first-order chi connectivity index (χ1) is 15.2. The fraction of sp³-hybridized carbons (Fsp3) is 0. The normalized spacial score (nSPS) is 9.84. The first kappa shape index (κ1) is 19.5. The van der Waals surface area contributed by atoms with Gasteiger partial charge in [0.2, 0.25) is 0 Å². The summed E-state index contributed by atoms with van der Waals surface area (Å²) in [7, 11) is 0. The molecule has 31 heavy (non-hydrogen) atoms. The molecule has 0 atom stereocenters. The lowest BCUT2D eigenvalue weighted by molar-refractivity contribution is 1.28. The fourth-order valence-corrected chi connectivity index (χ4v) is 3.43. The second-order valence-electron chi connectivity index (χ2n) is 6.86. The molecule has 4 heteroatoms. The number of hydrogen-bond acceptors (Lipinski definition) is 4. The molecule has 0 unspecified atom stereocenters. The molecule has 4 rings (SSSR count). The Balaban J connectivity index is 1.90. The Morgan fingerprint density at radius 2 is 0.903 bits per heavy atom. The highest BCUT2D eigenvalue weighted by atomic mass is 15.1. The van der Waals surface area contributed by atoms with Crippen molar-refractivity contribution < 1.29 is 0 Å². The number of anilines is 3. The van der Waals surface area contributed by atoms with Gasteiger partial charge in [0.25, 0.3) is 0 Å². The molecule has 0 spiro atoms. The number of nitrogens with zero attached hydrogens (tertiary/aromatic N) is 4. The van der Waals surface area contributed by atoms with Gasteiger partial charge >= 0.3 is 0 Å². The van der Waals surface area contributed by atoms with E-state index in [9.17, 15) is 10.5 Å². The van der Waals surface area contributed by atoms with E-state index in [-0.39, 0.29) is 0 Å². The van der Waals surface area contributed by atoms with Crippen LogP contribution in [-0.2, 0) is 0 Å². The average molecular weight is 396 g/mol. The second kappa shape index (κ2) is 8.66. The van der Waals surface area contributed by atoms with Gasteiger partial charge in [0.1, 0.15) is 0 Å². The van der Waals surface area contributed by atoms with E-state index in [1.165, 1.54) is 0 Å². The molecule has 4 aromatic carbocycles. The zero-order valence-electron chi connectivity index (χ0n) is 16.5. The Morgan fingerprint density at radius 1 is 0.484 bits per heavy atom. The molecule has 0 heterocycles. The van der Waals surface area contributed by atoms with Crippen LogP contribution in [0.5, 0.6) is 0 Å². The van der Waals surface area contributed by atoms with E-state index in [2.05, 4.69) is 23.1 Å². The maximum absolute atomic E-state index is 9.18. The molecule has 0 radical (unpaired) electrons. The lowest BCUT2D eigenvalue weighted by Gasteiger charge is -2.28. The summed E-state index contributed by atoms with van der Waals surface area (Å²) in [5.41, 5.74) is 6.50. The molecule has 4 nitrogen and oxygen atoms in total. The summed E-state index contributed by atoms with van der Waals surface area (Å²) < 4.78 is 0. The van der Waals surface area contributed by atoms with Gasteiger partial charge in [-0.2, -0.15) is 15.8 Å². The second-order valence-corrected chi connectivity index (χ2v) is 6.86. The predicted molar refractivity (Wildman–Crippen MR) is 121 cm³/mol. The van der Waals surface area contributed by atoms with E-state index in [4.69, 9.17) is 5.26 Å². The van der Waals surface area contributed by atoms with Crippen molar-refractivity contribution in [2.24, 2.45) is 0 Å². The minimum Gasteiger partial charge on any atom is -0.310 e. The van der Waals surface area contributed by atoms with Gasteiger partial charge in [0.05, 0.1) is 40.6 Å². The molecule has 0 aromatic heterocycles. The van der Waals surface area contributed by atoms with Crippen LogP contribution in [0, 0.1) is 34.0 Å². The third-order valence-electron chi connectivity index (χ3n) is 4.98. The van der Waals surface area contributed by atoms with E-state index in [1.54, 1.807) is 36.4 Å². The largest absolute Gasteiger partial charge is 0.310 e. The number of benzene rings is 4. The summed E-state index contributed by atoms with van der Waals surface area (Å²) in [5, 5.41) is 27.5. The minimum absolute atomic E-state index is 0.587. The molecule has 0 aliphatic heterocycles. The molecule has 0 saturated carbocycles. The summed E-state index contributed by atoms with van der Waals surface area (Å²) in [5.74, 6) is 0. The molecule has 0 amide bonds. The van der Waals surface area contributed by atoms with E-state index < -0.39 is 0 Å². The van der Waals surface area contributed by atoms with Crippen molar-refractivity contribution in [1.82, 2.24) is 0 Å². The van der Waals surface area contributed by atoms with E-state index in [1.807, 2.05) is 60.7 Å². The Bertz CT molecular complexity index is 1270. The first-order valence-electron chi connectivity index (χ1n) is 9.63. The van der Waals surface area contributed by atoms with Crippen LogP contribution < -0.4 is 4.90 Å².